The standard InChI is InChI=1S/C71H55Cl2N7O19/c72-43-21-34-14-17-48(43)98-51-24-37-25-52(64(51)96-29-30-9-11-32(12-10-30)31-5-2-1-3-6-31)99-49-18-15-35(22-44(49)73)63(87)61-70(93)78-59(71(94)95)42-27-39(82)28-47(85)54(42)53-41(7-4-8-46(53)84)58(68(91)80-61)77-67(90)57(37)75-66(89)56-36-19-38(81)26-40(20-36)97-50-23-33(13-16-45(50)83)55(74)65(88)79-60(62(34)86)69(92)76-56/h1-28,55-63,81-87H,29,74H2,(H,75,89)(H,76,92)(H,77,90)(H,78,93)(H,79,88)(H,80,91)(H,94,95). The van der Waals surface area contributed by atoms with E-state index in [2.05, 4.69) is 31.9 Å². The zero-order valence-corrected chi connectivity index (χ0v) is 52.5. The molecule has 9 aromatic rings. The largest absolute Gasteiger partial charge is 0.508 e. The molecule has 26 nitrogen and oxygen atoms in total. The molecule has 6 aliphatic rings. The Kier molecular flexibility index (Phi) is 17.6. The number of fused-ring (bicyclic) bond motifs is 13. The minimum Gasteiger partial charge on any atom is -0.508 e. The van der Waals surface area contributed by atoms with Crippen molar-refractivity contribution in [2.45, 2.75) is 61.1 Å². The number of carbonyl (C=O) groups excluding carboxylic acids is 6. The highest BCUT2D eigenvalue weighted by Gasteiger charge is 2.43. The lowest BCUT2D eigenvalue weighted by molar-refractivity contribution is -0.143. The lowest BCUT2D eigenvalue weighted by atomic mass is 9.87. The number of carboxylic acid groups (broad SMARTS) is 1. The van der Waals surface area contributed by atoms with Crippen LogP contribution in [0.15, 0.2) is 170 Å². The molecule has 0 aliphatic carbocycles. The van der Waals surface area contributed by atoms with Crippen LogP contribution in [0.4, 0.5) is 0 Å². The summed E-state index contributed by atoms with van der Waals surface area (Å²) in [7, 11) is 0. The molecular formula is C71H55Cl2N7O19. The summed E-state index contributed by atoms with van der Waals surface area (Å²) in [5.41, 5.74) is 5.75. The van der Waals surface area contributed by atoms with Crippen molar-refractivity contribution in [2.24, 2.45) is 5.73 Å². The number of aliphatic carboxylic acids is 1. The van der Waals surface area contributed by atoms with Gasteiger partial charge in [-0.1, -0.05) is 108 Å². The number of carbonyl (C=O) groups is 7. The molecule has 0 spiro atoms. The maximum atomic E-state index is 16.3. The third kappa shape index (κ3) is 13.0. The highest BCUT2D eigenvalue weighted by molar-refractivity contribution is 6.32. The summed E-state index contributed by atoms with van der Waals surface area (Å²) in [6.07, 6.45) is -4.21. The first kappa shape index (κ1) is 65.6. The smallest absolute Gasteiger partial charge is 0.330 e. The minimum atomic E-state index is -2.27. The van der Waals surface area contributed by atoms with Gasteiger partial charge in [-0.25, -0.2) is 4.79 Å². The van der Waals surface area contributed by atoms with Crippen LogP contribution in [0.2, 0.25) is 10.0 Å². The van der Waals surface area contributed by atoms with Gasteiger partial charge in [-0.3, -0.25) is 28.8 Å². The van der Waals surface area contributed by atoms with Gasteiger partial charge in [-0.15, -0.1) is 0 Å². The first-order valence-corrected chi connectivity index (χ1v) is 31.0. The van der Waals surface area contributed by atoms with Crippen molar-refractivity contribution in [1.29, 1.82) is 0 Å². The Morgan fingerprint density at radius 3 is 1.61 bits per heavy atom. The van der Waals surface area contributed by atoms with Crippen LogP contribution in [-0.4, -0.2) is 94.3 Å². The van der Waals surface area contributed by atoms with E-state index in [9.17, 15) is 55.2 Å². The van der Waals surface area contributed by atoms with Gasteiger partial charge in [-0.2, -0.15) is 0 Å². The third-order valence-corrected chi connectivity index (χ3v) is 17.6. The fourth-order valence-corrected chi connectivity index (χ4v) is 12.5. The molecule has 0 radical (unpaired) electrons. The van der Waals surface area contributed by atoms with E-state index in [1.165, 1.54) is 66.7 Å². The number of nitrogens with two attached hydrogens (primary N) is 1. The average molecular weight is 1380 g/mol. The fourth-order valence-electron chi connectivity index (χ4n) is 12.1. The molecule has 16 N–H and O–H groups in total. The van der Waals surface area contributed by atoms with E-state index in [-0.39, 0.29) is 84.7 Å². The van der Waals surface area contributed by atoms with E-state index < -0.39 is 147 Å². The van der Waals surface area contributed by atoms with E-state index >= 15 is 19.2 Å². The van der Waals surface area contributed by atoms with Gasteiger partial charge in [-0.05, 0) is 123 Å². The van der Waals surface area contributed by atoms with Crippen molar-refractivity contribution < 1.29 is 93.4 Å². The van der Waals surface area contributed by atoms with E-state index in [1.54, 1.807) is 12.1 Å². The predicted molar refractivity (Wildman–Crippen MR) is 351 cm³/mol. The number of aromatic hydroxyl groups is 5. The van der Waals surface area contributed by atoms with Crippen LogP contribution >= 0.6 is 23.2 Å². The van der Waals surface area contributed by atoms with Crippen LogP contribution in [0.5, 0.6) is 69.0 Å². The number of halogens is 2. The van der Waals surface area contributed by atoms with Crippen molar-refractivity contribution in [3.05, 3.63) is 224 Å². The van der Waals surface area contributed by atoms with Crippen LogP contribution in [0.3, 0.4) is 0 Å². The molecule has 6 heterocycles. The van der Waals surface area contributed by atoms with E-state index in [1.807, 2.05) is 42.5 Å². The van der Waals surface area contributed by atoms with Crippen molar-refractivity contribution >= 4 is 64.6 Å². The average Bonchev–Trinajstić information content (AvgIpc) is 1.71. The first-order chi connectivity index (χ1) is 47.4. The number of aliphatic hydroxyl groups is 2. The number of carboxylic acids is 1. The van der Waals surface area contributed by atoms with Crippen molar-refractivity contribution in [2.75, 3.05) is 0 Å². The van der Waals surface area contributed by atoms with Gasteiger partial charge >= 0.3 is 5.97 Å². The second-order valence-corrected chi connectivity index (χ2v) is 24.3. The van der Waals surface area contributed by atoms with Gasteiger partial charge in [0, 0.05) is 28.8 Å². The summed E-state index contributed by atoms with van der Waals surface area (Å²) in [5, 5.41) is 107. The van der Waals surface area contributed by atoms with Gasteiger partial charge in [0.1, 0.15) is 95.3 Å². The molecule has 0 aromatic heterocycles. The number of amides is 6. The number of rotatable bonds is 5. The zero-order chi connectivity index (χ0) is 69.8. The highest BCUT2D eigenvalue weighted by Crippen LogP contribution is 2.50. The van der Waals surface area contributed by atoms with Crippen LogP contribution in [-0.2, 0) is 40.2 Å². The van der Waals surface area contributed by atoms with Crippen LogP contribution in [0, 0.1) is 0 Å². The van der Waals surface area contributed by atoms with Crippen LogP contribution in [0.25, 0.3) is 22.3 Å². The molecule has 0 fully saturated rings. The van der Waals surface area contributed by atoms with Crippen molar-refractivity contribution in [1.82, 2.24) is 31.9 Å². The maximum absolute atomic E-state index is 16.3. The number of ether oxygens (including phenoxy) is 4. The highest BCUT2D eigenvalue weighted by atomic mass is 35.5. The molecule has 15 bridgehead atoms. The molecule has 0 saturated carbocycles. The number of hydrogen-bond donors (Lipinski definition) is 15. The summed E-state index contributed by atoms with van der Waals surface area (Å²) in [6, 6.07) is 23.8. The molecule has 6 amide bonds. The van der Waals surface area contributed by atoms with Crippen molar-refractivity contribution in [3.8, 4) is 91.2 Å². The quantitative estimate of drug-likeness (QED) is 0.0775. The summed E-state index contributed by atoms with van der Waals surface area (Å²) >= 11 is 14.2. The molecule has 9 aromatic carbocycles. The molecule has 6 aliphatic heterocycles. The van der Waals surface area contributed by atoms with E-state index in [0.717, 1.165) is 59.7 Å². The van der Waals surface area contributed by atoms with Gasteiger partial charge in [0.2, 0.25) is 41.2 Å². The van der Waals surface area contributed by atoms with E-state index in [0.29, 0.717) is 5.56 Å². The van der Waals surface area contributed by atoms with Crippen LogP contribution in [0.1, 0.15) is 86.9 Å². The fraction of sp³-hybridized carbons (Fsp3) is 0.141. The summed E-state index contributed by atoms with van der Waals surface area (Å²) in [4.78, 5) is 106. The van der Waals surface area contributed by atoms with Crippen LogP contribution < -0.4 is 56.6 Å². The summed E-state index contributed by atoms with van der Waals surface area (Å²) in [6.45, 7) is -0.245. The summed E-state index contributed by atoms with van der Waals surface area (Å²) in [5.74, 6) is -15.2. The monoisotopic (exact) mass is 1380 g/mol. The number of hydrogen-bond acceptors (Lipinski definition) is 19. The molecule has 28 heteroatoms. The lowest BCUT2D eigenvalue weighted by Crippen LogP contribution is -2.55. The maximum Gasteiger partial charge on any atom is 0.330 e. The zero-order valence-electron chi connectivity index (χ0n) is 51.0. The first-order valence-electron chi connectivity index (χ1n) is 30.2. The van der Waals surface area contributed by atoms with Crippen molar-refractivity contribution in [3.63, 3.8) is 0 Å². The Bertz CT molecular complexity index is 4830. The Labute approximate surface area is 569 Å². The van der Waals surface area contributed by atoms with E-state index in [4.69, 9.17) is 47.9 Å². The normalized spacial score (nSPS) is 21.2. The molecule has 0 saturated heterocycles. The molecular weight excluding hydrogens is 1330 g/mol. The number of phenols is 5. The van der Waals surface area contributed by atoms with Gasteiger partial charge in [0.15, 0.2) is 29.0 Å². The molecule has 9 unspecified atom stereocenters. The SMILES string of the molecule is NC1C(=O)NC2C(=O)NC(C(=O)NC3C(=O)NC4C(=O)NC(C(=O)NC(C(=O)O)c5cc(O)cc(O)c5-c5c(O)cccc54)C(O)c4ccc(c(Cl)c4)Oc4cc3cc(c4OCc3ccc(-c4ccccc4)cc3)Oc3ccc(cc3Cl)C2O)c2cc(O)cc(c2)Oc2cc1ccc2O. The Morgan fingerprint density at radius 1 is 0.444 bits per heavy atom. The molecule has 99 heavy (non-hydrogen) atoms. The van der Waals surface area contributed by atoms with Gasteiger partial charge < -0.3 is 97.4 Å². The number of benzene rings is 9. The topological polar surface area (TPSA) is 416 Å². The third-order valence-electron chi connectivity index (χ3n) is 17.0. The molecule has 502 valence electrons. The second kappa shape index (κ2) is 26.5. The number of aliphatic hydroxyl groups excluding tert-OH is 2. The van der Waals surface area contributed by atoms with Gasteiger partial charge in [0.05, 0.1) is 10.0 Å². The molecule has 9 atom stereocenters. The molecule has 15 rings (SSSR count). The minimum absolute atomic E-state index is 0.0361. The number of phenolic OH excluding ortho intramolecular Hbond substituents is 5. The lowest BCUT2D eigenvalue weighted by Gasteiger charge is -2.31. The number of nitrogens with one attached hydrogen (secondary N) is 6. The second-order valence-electron chi connectivity index (χ2n) is 23.5. The predicted octanol–water partition coefficient (Wildman–Crippen LogP) is 8.02. The Hall–Kier alpha value is -12.1. The summed E-state index contributed by atoms with van der Waals surface area (Å²) < 4.78 is 26.1. The van der Waals surface area contributed by atoms with Gasteiger partial charge in [0.25, 0.3) is 0 Å². The Morgan fingerprint density at radius 2 is 0.980 bits per heavy atom. The Balaban J connectivity index is 1.06.